The highest BCUT2D eigenvalue weighted by Crippen LogP contribution is 2.38. The van der Waals surface area contributed by atoms with Gasteiger partial charge >= 0.3 is 0 Å². The fraction of sp³-hybridized carbons (Fsp3) is 1.00. The van der Waals surface area contributed by atoms with E-state index in [1.54, 1.807) is 0 Å². The molecule has 0 bridgehead atoms. The molecule has 2 rings (SSSR count). The van der Waals surface area contributed by atoms with Crippen LogP contribution in [0.15, 0.2) is 0 Å². The Kier molecular flexibility index (Phi) is 1.24. The van der Waals surface area contributed by atoms with E-state index in [0.29, 0.717) is 0 Å². The Bertz CT molecular complexity index is 99.5. The number of hydrogen-bond donors (Lipinski definition) is 0. The predicted octanol–water partition coefficient (Wildman–Crippen LogP) is 1.30. The van der Waals surface area contributed by atoms with Crippen LogP contribution in [0.25, 0.3) is 0 Å². The number of ether oxygens (including phenoxy) is 2. The smallest absolute Gasteiger partial charge is 0.168 e. The van der Waals surface area contributed by atoms with Gasteiger partial charge in [-0.05, 0) is 12.8 Å². The molecular weight excluding hydrogens is 116 g/mol. The number of hydrogen-bond acceptors (Lipinski definition) is 2. The highest BCUT2D eigenvalue weighted by atomic mass is 16.7. The molecule has 2 fully saturated rings. The van der Waals surface area contributed by atoms with Gasteiger partial charge in [-0.15, -0.1) is 0 Å². The summed E-state index contributed by atoms with van der Waals surface area (Å²) in [5, 5.41) is 0. The van der Waals surface area contributed by atoms with Crippen molar-refractivity contribution in [1.82, 2.24) is 0 Å². The Morgan fingerprint density at radius 2 is 1.56 bits per heavy atom. The van der Waals surface area contributed by atoms with E-state index < -0.39 is 0 Å². The van der Waals surface area contributed by atoms with Gasteiger partial charge in [0.2, 0.25) is 0 Å². The van der Waals surface area contributed by atoms with Gasteiger partial charge in [0.15, 0.2) is 5.79 Å². The van der Waals surface area contributed by atoms with Crippen molar-refractivity contribution < 1.29 is 9.47 Å². The largest absolute Gasteiger partial charge is 0.350 e. The first-order valence-electron chi connectivity index (χ1n) is 3.69. The lowest BCUT2D eigenvalue weighted by atomic mass is 9.90. The molecular formula is C7H12O2. The van der Waals surface area contributed by atoms with Gasteiger partial charge in [0, 0.05) is 12.8 Å². The topological polar surface area (TPSA) is 18.5 Å². The summed E-state index contributed by atoms with van der Waals surface area (Å²) in [6.07, 6.45) is 4.59. The van der Waals surface area contributed by atoms with E-state index in [0.717, 1.165) is 32.5 Å². The molecule has 0 aromatic carbocycles. The van der Waals surface area contributed by atoms with Crippen LogP contribution < -0.4 is 0 Å². The molecule has 0 atom stereocenters. The first-order chi connectivity index (χ1) is 4.41. The minimum atomic E-state index is -0.0990. The average Bonchev–Trinajstić information content (AvgIpc) is 1.87. The van der Waals surface area contributed by atoms with E-state index in [-0.39, 0.29) is 5.79 Å². The zero-order valence-corrected chi connectivity index (χ0v) is 5.56. The predicted molar refractivity (Wildman–Crippen MR) is 33.1 cm³/mol. The summed E-state index contributed by atoms with van der Waals surface area (Å²) in [4.78, 5) is 0. The van der Waals surface area contributed by atoms with Gasteiger partial charge < -0.3 is 9.47 Å². The summed E-state index contributed by atoms with van der Waals surface area (Å²) >= 11 is 0. The van der Waals surface area contributed by atoms with Gasteiger partial charge in [-0.25, -0.2) is 0 Å². The Morgan fingerprint density at radius 3 is 1.89 bits per heavy atom. The fourth-order valence-corrected chi connectivity index (χ4v) is 1.37. The number of rotatable bonds is 0. The van der Waals surface area contributed by atoms with Crippen molar-refractivity contribution in [1.29, 1.82) is 0 Å². The highest BCUT2D eigenvalue weighted by Gasteiger charge is 2.40. The summed E-state index contributed by atoms with van der Waals surface area (Å²) in [5.74, 6) is -0.0990. The Hall–Kier alpha value is -0.0800. The van der Waals surface area contributed by atoms with Gasteiger partial charge in [-0.2, -0.15) is 0 Å². The maximum Gasteiger partial charge on any atom is 0.168 e. The minimum Gasteiger partial charge on any atom is -0.350 e. The van der Waals surface area contributed by atoms with E-state index in [2.05, 4.69) is 0 Å². The van der Waals surface area contributed by atoms with E-state index in [9.17, 15) is 0 Å². The summed E-state index contributed by atoms with van der Waals surface area (Å²) in [6, 6.07) is 0. The molecule has 0 N–H and O–H groups in total. The molecule has 52 valence electrons. The average molecular weight is 128 g/mol. The highest BCUT2D eigenvalue weighted by molar-refractivity contribution is 4.82. The molecule has 1 spiro atoms. The van der Waals surface area contributed by atoms with Gasteiger partial charge in [0.1, 0.15) is 0 Å². The van der Waals surface area contributed by atoms with Crippen LogP contribution in [0.1, 0.15) is 25.7 Å². The zero-order valence-electron chi connectivity index (χ0n) is 5.56. The van der Waals surface area contributed by atoms with Crippen molar-refractivity contribution in [2.24, 2.45) is 0 Å². The molecule has 1 aliphatic carbocycles. The van der Waals surface area contributed by atoms with Gasteiger partial charge in [-0.1, -0.05) is 0 Å². The van der Waals surface area contributed by atoms with Gasteiger partial charge in [-0.3, -0.25) is 0 Å². The van der Waals surface area contributed by atoms with Crippen molar-refractivity contribution in [3.05, 3.63) is 0 Å². The summed E-state index contributed by atoms with van der Waals surface area (Å²) in [7, 11) is 0. The van der Waals surface area contributed by atoms with E-state index in [1.807, 2.05) is 0 Å². The fourth-order valence-electron chi connectivity index (χ4n) is 1.37. The summed E-state index contributed by atoms with van der Waals surface area (Å²) in [5.41, 5.74) is 0. The molecule has 0 aromatic rings. The third kappa shape index (κ3) is 0.864. The van der Waals surface area contributed by atoms with Crippen molar-refractivity contribution >= 4 is 0 Å². The molecule has 1 saturated heterocycles. The van der Waals surface area contributed by atoms with Crippen LogP contribution in [-0.4, -0.2) is 19.0 Å². The Morgan fingerprint density at radius 1 is 0.889 bits per heavy atom. The first-order valence-corrected chi connectivity index (χ1v) is 3.69. The molecule has 1 saturated carbocycles. The van der Waals surface area contributed by atoms with Gasteiger partial charge in [0.05, 0.1) is 13.2 Å². The molecule has 0 radical (unpaired) electrons. The third-order valence-electron chi connectivity index (χ3n) is 2.13. The molecule has 9 heavy (non-hydrogen) atoms. The summed E-state index contributed by atoms with van der Waals surface area (Å²) < 4.78 is 11.0. The Balaban J connectivity index is 1.93. The third-order valence-corrected chi connectivity index (χ3v) is 2.13. The molecule has 1 aliphatic heterocycles. The monoisotopic (exact) mass is 128 g/mol. The second-order valence-electron chi connectivity index (χ2n) is 2.81. The van der Waals surface area contributed by atoms with E-state index in [1.165, 1.54) is 6.42 Å². The van der Waals surface area contributed by atoms with Crippen LogP contribution in [0.3, 0.4) is 0 Å². The van der Waals surface area contributed by atoms with E-state index >= 15 is 0 Å². The quantitative estimate of drug-likeness (QED) is 0.489. The first kappa shape index (κ1) is 5.69. The normalized spacial score (nSPS) is 32.0. The van der Waals surface area contributed by atoms with Crippen LogP contribution >= 0.6 is 0 Å². The maximum atomic E-state index is 5.48. The molecule has 2 heteroatoms. The minimum absolute atomic E-state index is 0.0990. The Labute approximate surface area is 55.1 Å². The summed E-state index contributed by atoms with van der Waals surface area (Å²) in [6.45, 7) is 1.81. The van der Waals surface area contributed by atoms with Crippen LogP contribution in [0.4, 0.5) is 0 Å². The van der Waals surface area contributed by atoms with Crippen molar-refractivity contribution in [2.45, 2.75) is 31.5 Å². The van der Waals surface area contributed by atoms with Crippen LogP contribution in [0.5, 0.6) is 0 Å². The zero-order chi connectivity index (χ0) is 6.16. The molecule has 2 nitrogen and oxygen atoms in total. The van der Waals surface area contributed by atoms with Crippen molar-refractivity contribution in [2.75, 3.05) is 13.2 Å². The van der Waals surface area contributed by atoms with E-state index in [4.69, 9.17) is 9.47 Å². The standard InChI is InChI=1S/C7H12O2/c1-3-7(4-1)8-5-2-6-9-7/h1-6H2. The lowest BCUT2D eigenvalue weighted by Crippen LogP contribution is -2.46. The van der Waals surface area contributed by atoms with Crippen molar-refractivity contribution in [3.63, 3.8) is 0 Å². The molecule has 0 aromatic heterocycles. The van der Waals surface area contributed by atoms with Crippen LogP contribution in [0, 0.1) is 0 Å². The molecule has 0 unspecified atom stereocenters. The van der Waals surface area contributed by atoms with Crippen molar-refractivity contribution in [3.8, 4) is 0 Å². The SMILES string of the molecule is C1COC2(CCC2)OC1. The lowest BCUT2D eigenvalue weighted by molar-refractivity contribution is -0.302. The van der Waals surface area contributed by atoms with Crippen LogP contribution in [0.2, 0.25) is 0 Å². The molecule has 2 aliphatic rings. The van der Waals surface area contributed by atoms with Crippen LogP contribution in [-0.2, 0) is 9.47 Å². The lowest BCUT2D eigenvalue weighted by Gasteiger charge is -2.43. The second kappa shape index (κ2) is 1.96. The maximum absolute atomic E-state index is 5.48. The second-order valence-corrected chi connectivity index (χ2v) is 2.81. The van der Waals surface area contributed by atoms with Gasteiger partial charge in [0.25, 0.3) is 0 Å². The molecule has 0 amide bonds. The molecule has 1 heterocycles.